The molecule has 0 amide bonds. The summed E-state index contributed by atoms with van der Waals surface area (Å²) in [7, 11) is 0. The van der Waals surface area contributed by atoms with Crippen LogP contribution in [0.3, 0.4) is 0 Å². The number of rotatable bonds is 3. The van der Waals surface area contributed by atoms with Gasteiger partial charge in [0, 0.05) is 24.4 Å². The molecule has 2 rings (SSSR count). The molecular formula is C14H12ClNO. The summed E-state index contributed by atoms with van der Waals surface area (Å²) in [6, 6.07) is 9.56. The van der Waals surface area contributed by atoms with E-state index in [-0.39, 0.29) is 5.78 Å². The van der Waals surface area contributed by atoms with Crippen molar-refractivity contribution in [2.24, 2.45) is 0 Å². The first kappa shape index (κ1) is 11.8. The Hall–Kier alpha value is -1.67. The van der Waals surface area contributed by atoms with Crippen LogP contribution in [0.5, 0.6) is 0 Å². The van der Waals surface area contributed by atoms with Crippen LogP contribution in [0.1, 0.15) is 21.5 Å². The Morgan fingerprint density at radius 2 is 2.18 bits per heavy atom. The van der Waals surface area contributed by atoms with Gasteiger partial charge in [0.2, 0.25) is 0 Å². The summed E-state index contributed by atoms with van der Waals surface area (Å²) >= 11 is 5.93. The summed E-state index contributed by atoms with van der Waals surface area (Å²) in [4.78, 5) is 15.9. The van der Waals surface area contributed by atoms with Gasteiger partial charge in [-0.25, -0.2) is 0 Å². The molecule has 3 heteroatoms. The predicted octanol–water partition coefficient (Wildman–Crippen LogP) is 3.47. The minimum Gasteiger partial charge on any atom is -0.294 e. The smallest absolute Gasteiger partial charge is 0.168 e. The van der Waals surface area contributed by atoms with Gasteiger partial charge in [-0.3, -0.25) is 9.78 Å². The molecule has 0 spiro atoms. The van der Waals surface area contributed by atoms with Crippen LogP contribution in [0.25, 0.3) is 0 Å². The number of hydrogen-bond donors (Lipinski definition) is 0. The van der Waals surface area contributed by atoms with Gasteiger partial charge in [-0.15, -0.1) is 0 Å². The lowest BCUT2D eigenvalue weighted by atomic mass is 10.0. The third kappa shape index (κ3) is 2.92. The van der Waals surface area contributed by atoms with E-state index in [4.69, 9.17) is 11.6 Å². The van der Waals surface area contributed by atoms with E-state index >= 15 is 0 Å². The molecule has 0 N–H and O–H groups in total. The van der Waals surface area contributed by atoms with Crippen molar-refractivity contribution in [1.82, 2.24) is 4.98 Å². The lowest BCUT2D eigenvalue weighted by Gasteiger charge is -2.04. The average Bonchev–Trinajstić information content (AvgIpc) is 2.29. The molecule has 0 aliphatic carbocycles. The molecule has 0 atom stereocenters. The van der Waals surface area contributed by atoms with Crippen molar-refractivity contribution in [1.29, 1.82) is 0 Å². The third-order valence-corrected chi connectivity index (χ3v) is 2.82. The van der Waals surface area contributed by atoms with Crippen LogP contribution in [0.2, 0.25) is 5.02 Å². The van der Waals surface area contributed by atoms with Crippen molar-refractivity contribution in [3.05, 3.63) is 64.4 Å². The van der Waals surface area contributed by atoms with Crippen LogP contribution >= 0.6 is 11.6 Å². The molecule has 0 aliphatic rings. The molecule has 0 radical (unpaired) electrons. The molecule has 17 heavy (non-hydrogen) atoms. The zero-order chi connectivity index (χ0) is 12.3. The van der Waals surface area contributed by atoms with Gasteiger partial charge >= 0.3 is 0 Å². The van der Waals surface area contributed by atoms with Gasteiger partial charge in [0.1, 0.15) is 0 Å². The lowest BCUT2D eigenvalue weighted by Crippen LogP contribution is -2.04. The highest BCUT2D eigenvalue weighted by Gasteiger charge is 2.10. The number of nitrogens with zero attached hydrogens (tertiary/aromatic N) is 1. The van der Waals surface area contributed by atoms with Gasteiger partial charge in [-0.2, -0.15) is 0 Å². The standard InChI is InChI=1S/C14H12ClNO/c1-10-3-2-4-11(7-10)8-14(17)12-5-6-16-9-13(12)15/h2-7,9H,8H2,1H3. The maximum absolute atomic E-state index is 12.0. The summed E-state index contributed by atoms with van der Waals surface area (Å²) < 4.78 is 0. The van der Waals surface area contributed by atoms with E-state index in [1.54, 1.807) is 12.3 Å². The monoisotopic (exact) mass is 245 g/mol. The molecule has 0 aliphatic heterocycles. The van der Waals surface area contributed by atoms with Crippen molar-refractivity contribution in [3.63, 3.8) is 0 Å². The molecule has 0 bridgehead atoms. The van der Waals surface area contributed by atoms with Gasteiger partial charge in [-0.1, -0.05) is 41.4 Å². The van der Waals surface area contributed by atoms with Crippen molar-refractivity contribution in [3.8, 4) is 0 Å². The van der Waals surface area contributed by atoms with Crippen molar-refractivity contribution >= 4 is 17.4 Å². The van der Waals surface area contributed by atoms with Crippen molar-refractivity contribution in [2.45, 2.75) is 13.3 Å². The van der Waals surface area contributed by atoms with E-state index in [1.165, 1.54) is 6.20 Å². The molecule has 1 heterocycles. The Morgan fingerprint density at radius 1 is 1.35 bits per heavy atom. The Kier molecular flexibility index (Phi) is 3.55. The Labute approximate surface area is 105 Å². The van der Waals surface area contributed by atoms with Gasteiger partial charge in [0.05, 0.1) is 5.02 Å². The molecule has 0 saturated heterocycles. The minimum atomic E-state index is 0.0167. The third-order valence-electron chi connectivity index (χ3n) is 2.52. The second-order valence-corrected chi connectivity index (χ2v) is 4.35. The first-order valence-electron chi connectivity index (χ1n) is 5.35. The fraction of sp³-hybridized carbons (Fsp3) is 0.143. The summed E-state index contributed by atoms with van der Waals surface area (Å²) in [5, 5.41) is 0.408. The van der Waals surface area contributed by atoms with Crippen LogP contribution in [0.4, 0.5) is 0 Å². The molecule has 2 nitrogen and oxygen atoms in total. The van der Waals surface area contributed by atoms with Crippen molar-refractivity contribution < 1.29 is 4.79 Å². The number of halogens is 1. The number of aromatic nitrogens is 1. The van der Waals surface area contributed by atoms with E-state index < -0.39 is 0 Å². The summed E-state index contributed by atoms with van der Waals surface area (Å²) in [6.45, 7) is 2.01. The molecule has 2 aromatic rings. The second kappa shape index (κ2) is 5.11. The number of benzene rings is 1. The summed E-state index contributed by atoms with van der Waals surface area (Å²) in [5.41, 5.74) is 2.68. The first-order valence-corrected chi connectivity index (χ1v) is 5.73. The highest BCUT2D eigenvalue weighted by Crippen LogP contribution is 2.16. The quantitative estimate of drug-likeness (QED) is 0.775. The van der Waals surface area contributed by atoms with Crippen LogP contribution in [-0.2, 0) is 6.42 Å². The van der Waals surface area contributed by atoms with Crippen LogP contribution in [0.15, 0.2) is 42.7 Å². The Morgan fingerprint density at radius 3 is 2.88 bits per heavy atom. The maximum atomic E-state index is 12.0. The highest BCUT2D eigenvalue weighted by molar-refractivity contribution is 6.33. The van der Waals surface area contributed by atoms with E-state index in [0.717, 1.165) is 11.1 Å². The topological polar surface area (TPSA) is 30.0 Å². The number of pyridine rings is 1. The van der Waals surface area contributed by atoms with Crippen LogP contribution < -0.4 is 0 Å². The minimum absolute atomic E-state index is 0.0167. The second-order valence-electron chi connectivity index (χ2n) is 3.94. The number of Topliss-reactive ketones (excluding diaryl/α,β-unsaturated/α-hetero) is 1. The average molecular weight is 246 g/mol. The molecular weight excluding hydrogens is 234 g/mol. The maximum Gasteiger partial charge on any atom is 0.168 e. The molecule has 86 valence electrons. The zero-order valence-electron chi connectivity index (χ0n) is 9.48. The van der Waals surface area contributed by atoms with Crippen LogP contribution in [0, 0.1) is 6.92 Å². The summed E-state index contributed by atoms with van der Waals surface area (Å²) in [5.74, 6) is 0.0167. The van der Waals surface area contributed by atoms with Gasteiger partial charge < -0.3 is 0 Å². The Balaban J connectivity index is 2.20. The SMILES string of the molecule is Cc1cccc(CC(=O)c2ccncc2Cl)c1. The first-order chi connectivity index (χ1) is 8.16. The van der Waals surface area contributed by atoms with Gasteiger partial charge in [-0.05, 0) is 18.6 Å². The van der Waals surface area contributed by atoms with Crippen molar-refractivity contribution in [2.75, 3.05) is 0 Å². The number of aryl methyl sites for hydroxylation is 1. The van der Waals surface area contributed by atoms with E-state index in [9.17, 15) is 4.79 Å². The molecule has 0 unspecified atom stereocenters. The van der Waals surface area contributed by atoms with Gasteiger partial charge in [0.25, 0.3) is 0 Å². The fourth-order valence-electron chi connectivity index (χ4n) is 1.70. The molecule has 1 aromatic heterocycles. The molecule has 0 saturated carbocycles. The fourth-order valence-corrected chi connectivity index (χ4v) is 1.93. The predicted molar refractivity (Wildman–Crippen MR) is 68.5 cm³/mol. The Bertz CT molecular complexity index is 551. The van der Waals surface area contributed by atoms with E-state index in [2.05, 4.69) is 4.98 Å². The van der Waals surface area contributed by atoms with E-state index in [0.29, 0.717) is 17.0 Å². The van der Waals surface area contributed by atoms with Gasteiger partial charge in [0.15, 0.2) is 5.78 Å². The number of ketones is 1. The van der Waals surface area contributed by atoms with E-state index in [1.807, 2.05) is 31.2 Å². The number of carbonyl (C=O) groups excluding carboxylic acids is 1. The van der Waals surface area contributed by atoms with Crippen LogP contribution in [-0.4, -0.2) is 10.8 Å². The largest absolute Gasteiger partial charge is 0.294 e. The summed E-state index contributed by atoms with van der Waals surface area (Å²) in [6.07, 6.45) is 3.44. The zero-order valence-corrected chi connectivity index (χ0v) is 10.2. The lowest BCUT2D eigenvalue weighted by molar-refractivity contribution is 0.0993. The highest BCUT2D eigenvalue weighted by atomic mass is 35.5. The molecule has 0 fully saturated rings. The number of hydrogen-bond acceptors (Lipinski definition) is 2. The normalized spacial score (nSPS) is 10.2. The molecule has 1 aromatic carbocycles. The number of carbonyl (C=O) groups is 1.